The Balaban J connectivity index is 1.10. The fraction of sp³-hybridized carbons (Fsp3) is 0.283. The van der Waals surface area contributed by atoms with E-state index in [1.165, 1.54) is 12.2 Å². The first-order valence-electron chi connectivity index (χ1n) is 19.3. The standard InChI is InChI=1S/C46H44N2O11/c1-45(2)28-55-44(54)40(45)57-38(50)21-18-29-16-19-31(20-17-29)43(53)56-36-25-33(42(52)48-27-30-10-9-11-32(24-30)41(51)47-22-23-49)26-37-39(36)59-46(58-37,34-12-5-3-6-13-34)35-14-7-4-8-15-35/h3-21,24,26,36-37,39-40,49H,22-23,25,27-28H2,1-2H3,(H,47,51)(H,48,52)/t36-,37-,39+,40+/m1/s1. The molecule has 3 aliphatic rings. The number of hydrogen-bond acceptors (Lipinski definition) is 11. The monoisotopic (exact) mass is 800 g/mol. The van der Waals surface area contributed by atoms with E-state index in [2.05, 4.69) is 10.6 Å². The van der Waals surface area contributed by atoms with Gasteiger partial charge in [-0.05, 0) is 47.5 Å². The molecular weight excluding hydrogens is 757 g/mol. The van der Waals surface area contributed by atoms with Gasteiger partial charge >= 0.3 is 17.9 Å². The van der Waals surface area contributed by atoms with Gasteiger partial charge in [0.1, 0.15) is 24.9 Å². The molecule has 4 aromatic carbocycles. The van der Waals surface area contributed by atoms with Gasteiger partial charge in [0.2, 0.25) is 17.8 Å². The van der Waals surface area contributed by atoms with Crippen molar-refractivity contribution >= 4 is 35.8 Å². The predicted molar refractivity (Wildman–Crippen MR) is 213 cm³/mol. The molecule has 4 aromatic rings. The number of amides is 2. The van der Waals surface area contributed by atoms with Crippen molar-refractivity contribution in [3.63, 3.8) is 0 Å². The maximum absolute atomic E-state index is 13.8. The van der Waals surface area contributed by atoms with Crippen molar-refractivity contribution < 1.29 is 52.8 Å². The summed E-state index contributed by atoms with van der Waals surface area (Å²) in [7, 11) is 0. The van der Waals surface area contributed by atoms with Crippen molar-refractivity contribution in [2.75, 3.05) is 19.8 Å². The van der Waals surface area contributed by atoms with Crippen LogP contribution >= 0.6 is 0 Å². The van der Waals surface area contributed by atoms with Gasteiger partial charge in [-0.3, -0.25) is 9.59 Å². The Morgan fingerprint density at radius 2 is 1.51 bits per heavy atom. The number of benzene rings is 4. The first-order valence-corrected chi connectivity index (χ1v) is 19.3. The van der Waals surface area contributed by atoms with E-state index in [4.69, 9.17) is 28.8 Å². The molecule has 2 amide bonds. The van der Waals surface area contributed by atoms with Gasteiger partial charge in [-0.1, -0.05) is 98.8 Å². The molecule has 4 atom stereocenters. The number of aliphatic hydroxyl groups excluding tert-OH is 1. The average molecular weight is 801 g/mol. The average Bonchev–Trinajstić information content (AvgIpc) is 3.78. The number of aliphatic hydroxyl groups is 1. The Bertz CT molecular complexity index is 2210. The molecule has 59 heavy (non-hydrogen) atoms. The summed E-state index contributed by atoms with van der Waals surface area (Å²) >= 11 is 0. The van der Waals surface area contributed by atoms with Crippen LogP contribution in [0.4, 0.5) is 0 Å². The third-order valence-electron chi connectivity index (χ3n) is 10.3. The van der Waals surface area contributed by atoms with Crippen LogP contribution in [0.5, 0.6) is 0 Å². The molecular formula is C46H44N2O11. The molecule has 2 fully saturated rings. The van der Waals surface area contributed by atoms with Crippen molar-refractivity contribution in [2.24, 2.45) is 5.41 Å². The number of nitrogens with one attached hydrogen (secondary N) is 2. The highest BCUT2D eigenvalue weighted by Crippen LogP contribution is 2.47. The van der Waals surface area contributed by atoms with Crippen LogP contribution in [0.15, 0.2) is 127 Å². The molecule has 2 aliphatic heterocycles. The number of cyclic esters (lactones) is 1. The van der Waals surface area contributed by atoms with E-state index >= 15 is 0 Å². The van der Waals surface area contributed by atoms with Crippen LogP contribution < -0.4 is 10.6 Å². The Morgan fingerprint density at radius 1 is 0.814 bits per heavy atom. The summed E-state index contributed by atoms with van der Waals surface area (Å²) in [5, 5.41) is 14.6. The molecule has 0 saturated carbocycles. The molecule has 304 valence electrons. The van der Waals surface area contributed by atoms with E-state index < -0.39 is 59.4 Å². The summed E-state index contributed by atoms with van der Waals surface area (Å²) in [6, 6.07) is 32.0. The van der Waals surface area contributed by atoms with E-state index in [0.717, 1.165) is 0 Å². The third-order valence-corrected chi connectivity index (χ3v) is 10.3. The predicted octanol–water partition coefficient (Wildman–Crippen LogP) is 4.77. The number of ether oxygens (including phenoxy) is 5. The fourth-order valence-electron chi connectivity index (χ4n) is 7.17. The Morgan fingerprint density at radius 3 is 2.15 bits per heavy atom. The van der Waals surface area contributed by atoms with Crippen molar-refractivity contribution in [3.05, 3.63) is 160 Å². The van der Waals surface area contributed by atoms with Gasteiger partial charge in [0.15, 0.2) is 0 Å². The van der Waals surface area contributed by atoms with Crippen molar-refractivity contribution in [1.82, 2.24) is 10.6 Å². The minimum absolute atomic E-state index is 0.0135. The van der Waals surface area contributed by atoms with E-state index in [1.54, 1.807) is 68.5 Å². The van der Waals surface area contributed by atoms with Gasteiger partial charge in [-0.15, -0.1) is 0 Å². The van der Waals surface area contributed by atoms with Gasteiger partial charge in [-0.25, -0.2) is 14.4 Å². The molecule has 0 unspecified atom stereocenters. The second-order valence-electron chi connectivity index (χ2n) is 15.1. The molecule has 0 radical (unpaired) electrons. The molecule has 13 heteroatoms. The van der Waals surface area contributed by atoms with Gasteiger partial charge in [0.25, 0.3) is 5.91 Å². The van der Waals surface area contributed by atoms with Crippen LogP contribution in [0.2, 0.25) is 0 Å². The normalized spacial score (nSPS) is 21.5. The summed E-state index contributed by atoms with van der Waals surface area (Å²) in [5.74, 6) is -4.10. The van der Waals surface area contributed by atoms with E-state index in [0.29, 0.717) is 33.4 Å². The topological polar surface area (TPSA) is 176 Å². The van der Waals surface area contributed by atoms with Crippen LogP contribution in [0.1, 0.15) is 63.2 Å². The summed E-state index contributed by atoms with van der Waals surface area (Å²) < 4.78 is 30.1. The summed E-state index contributed by atoms with van der Waals surface area (Å²) in [4.78, 5) is 64.6. The smallest absolute Gasteiger partial charge is 0.348 e. The first-order chi connectivity index (χ1) is 28.5. The van der Waals surface area contributed by atoms with Crippen molar-refractivity contribution in [3.8, 4) is 0 Å². The second-order valence-corrected chi connectivity index (χ2v) is 15.1. The third kappa shape index (κ3) is 9.18. The highest BCUT2D eigenvalue weighted by Gasteiger charge is 2.55. The number of esters is 3. The molecule has 7 rings (SSSR count). The van der Waals surface area contributed by atoms with Gasteiger partial charge < -0.3 is 39.4 Å². The SMILES string of the molecule is CC1(C)COC(=O)[C@@H]1OC(=O)C=Cc1ccc(C(=O)O[C@@H]2CC(C(=O)NCc3cccc(C(=O)NCCO)c3)=C[C@H]3OC(c4ccccc4)(c4ccccc4)O[C@H]32)cc1. The molecule has 1 aliphatic carbocycles. The van der Waals surface area contributed by atoms with Gasteiger partial charge in [0, 0.05) is 53.3 Å². The summed E-state index contributed by atoms with van der Waals surface area (Å²) in [5.41, 5.74) is 2.98. The van der Waals surface area contributed by atoms with E-state index in [1.807, 2.05) is 60.7 Å². The largest absolute Gasteiger partial charge is 0.462 e. The number of carbonyl (C=O) groups excluding carboxylic acids is 5. The molecule has 13 nitrogen and oxygen atoms in total. The molecule has 2 heterocycles. The highest BCUT2D eigenvalue weighted by atomic mass is 16.8. The maximum atomic E-state index is 13.8. The zero-order valence-corrected chi connectivity index (χ0v) is 32.5. The first kappa shape index (κ1) is 40.8. The quantitative estimate of drug-likeness (QED) is 0.0965. The lowest BCUT2D eigenvalue weighted by Gasteiger charge is -2.31. The molecule has 0 bridgehead atoms. The molecule has 3 N–H and O–H groups in total. The van der Waals surface area contributed by atoms with Crippen LogP contribution in [0, 0.1) is 5.41 Å². The Labute approximate surface area is 341 Å². The van der Waals surface area contributed by atoms with Crippen LogP contribution in [-0.2, 0) is 50.4 Å². The Hall–Kier alpha value is -6.41. The fourth-order valence-corrected chi connectivity index (χ4v) is 7.17. The number of rotatable bonds is 13. The highest BCUT2D eigenvalue weighted by molar-refractivity contribution is 5.95. The van der Waals surface area contributed by atoms with E-state index in [-0.39, 0.29) is 44.2 Å². The maximum Gasteiger partial charge on any atom is 0.348 e. The summed E-state index contributed by atoms with van der Waals surface area (Å²) in [6.45, 7) is 3.74. The second kappa shape index (κ2) is 17.6. The zero-order valence-electron chi connectivity index (χ0n) is 32.5. The number of fused-ring (bicyclic) bond motifs is 1. The minimum atomic E-state index is -1.38. The van der Waals surface area contributed by atoms with Gasteiger partial charge in [-0.2, -0.15) is 0 Å². The number of carbonyl (C=O) groups is 5. The minimum Gasteiger partial charge on any atom is -0.462 e. The van der Waals surface area contributed by atoms with Crippen molar-refractivity contribution in [2.45, 2.75) is 57.0 Å². The van der Waals surface area contributed by atoms with Crippen LogP contribution in [0.25, 0.3) is 6.08 Å². The van der Waals surface area contributed by atoms with Gasteiger partial charge in [0.05, 0.1) is 12.2 Å². The van der Waals surface area contributed by atoms with Crippen molar-refractivity contribution in [1.29, 1.82) is 0 Å². The molecule has 0 aromatic heterocycles. The van der Waals surface area contributed by atoms with E-state index in [9.17, 15) is 24.0 Å². The number of hydrogen-bond donors (Lipinski definition) is 3. The van der Waals surface area contributed by atoms with Crippen LogP contribution in [0.3, 0.4) is 0 Å². The molecule has 0 spiro atoms. The Kier molecular flexibility index (Phi) is 12.2. The summed E-state index contributed by atoms with van der Waals surface area (Å²) in [6.07, 6.45) is 0.862. The lowest BCUT2D eigenvalue weighted by molar-refractivity contribution is -0.159. The zero-order chi connectivity index (χ0) is 41.6. The lowest BCUT2D eigenvalue weighted by Crippen LogP contribution is -2.43. The molecule has 2 saturated heterocycles. The van der Waals surface area contributed by atoms with Crippen LogP contribution in [-0.4, -0.2) is 79.0 Å². The lowest BCUT2D eigenvalue weighted by atomic mass is 9.90.